The Kier molecular flexibility index (Phi) is 7.13. The fraction of sp³-hybridized carbons (Fsp3) is 0.455. The Balaban J connectivity index is 0.00000272. The Hall–Kier alpha value is -2.29. The maximum absolute atomic E-state index is 5.68. The molecule has 0 aliphatic carbocycles. The van der Waals surface area contributed by atoms with Crippen LogP contribution in [0.3, 0.4) is 0 Å². The van der Waals surface area contributed by atoms with Crippen LogP contribution in [-0.2, 0) is 19.1 Å². The van der Waals surface area contributed by atoms with Gasteiger partial charge in [-0.3, -0.25) is 9.88 Å². The molecule has 3 aromatic rings. The van der Waals surface area contributed by atoms with Crippen molar-refractivity contribution in [2.45, 2.75) is 32.9 Å². The first-order chi connectivity index (χ1) is 14.3. The molecular weight excluding hydrogens is 430 g/mol. The second-order valence-electron chi connectivity index (χ2n) is 8.80. The molecule has 0 atom stereocenters. The minimum Gasteiger partial charge on any atom is -0.353 e. The summed E-state index contributed by atoms with van der Waals surface area (Å²) < 4.78 is 4.67. The number of halogens is 1. The monoisotopic (exact) mass is 459 g/mol. The highest BCUT2D eigenvalue weighted by Gasteiger charge is 2.20. The molecule has 0 unspecified atom stereocenters. The minimum atomic E-state index is 0. The summed E-state index contributed by atoms with van der Waals surface area (Å²) in [6.45, 7) is 11.1. The molecule has 1 aliphatic rings. The molecule has 9 heteroatoms. The van der Waals surface area contributed by atoms with E-state index in [0.29, 0.717) is 6.67 Å². The highest BCUT2D eigenvalue weighted by molar-refractivity contribution is 7.71. The smallest absolute Gasteiger partial charge is 0.199 e. The quantitative estimate of drug-likeness (QED) is 0.551. The summed E-state index contributed by atoms with van der Waals surface area (Å²) in [6.07, 6.45) is 5.27. The van der Waals surface area contributed by atoms with Crippen molar-refractivity contribution in [2.24, 2.45) is 7.05 Å². The van der Waals surface area contributed by atoms with E-state index >= 15 is 0 Å². The Labute approximate surface area is 195 Å². The minimum absolute atomic E-state index is 0. The lowest BCUT2D eigenvalue weighted by molar-refractivity contribution is 0.194. The van der Waals surface area contributed by atoms with E-state index in [1.807, 2.05) is 22.5 Å². The van der Waals surface area contributed by atoms with Gasteiger partial charge in [0.15, 0.2) is 10.6 Å². The van der Waals surface area contributed by atoms with E-state index in [1.54, 1.807) is 12.4 Å². The van der Waals surface area contributed by atoms with Gasteiger partial charge in [-0.25, -0.2) is 9.67 Å². The third-order valence-corrected chi connectivity index (χ3v) is 6.11. The zero-order chi connectivity index (χ0) is 21.3. The van der Waals surface area contributed by atoms with Crippen LogP contribution in [-0.4, -0.2) is 55.4 Å². The van der Waals surface area contributed by atoms with Crippen molar-refractivity contribution in [3.8, 4) is 11.4 Å². The summed E-state index contributed by atoms with van der Waals surface area (Å²) in [7, 11) is 1.99. The van der Waals surface area contributed by atoms with Crippen molar-refractivity contribution in [3.63, 3.8) is 0 Å². The first kappa shape index (κ1) is 23.4. The van der Waals surface area contributed by atoms with Gasteiger partial charge in [-0.05, 0) is 23.2 Å². The van der Waals surface area contributed by atoms with Gasteiger partial charge in [0.1, 0.15) is 5.82 Å². The average Bonchev–Trinajstić information content (AvgIpc) is 3.03. The predicted octanol–water partition coefficient (Wildman–Crippen LogP) is 3.91. The van der Waals surface area contributed by atoms with Gasteiger partial charge in [0.25, 0.3) is 0 Å². The molecule has 7 nitrogen and oxygen atoms in total. The van der Waals surface area contributed by atoms with Crippen molar-refractivity contribution >= 4 is 30.4 Å². The maximum atomic E-state index is 5.68. The molecule has 31 heavy (non-hydrogen) atoms. The molecule has 4 rings (SSSR count). The van der Waals surface area contributed by atoms with Gasteiger partial charge < -0.3 is 9.47 Å². The van der Waals surface area contributed by atoms with E-state index in [4.69, 9.17) is 17.3 Å². The van der Waals surface area contributed by atoms with E-state index < -0.39 is 0 Å². The lowest BCUT2D eigenvalue weighted by Crippen LogP contribution is -2.47. The van der Waals surface area contributed by atoms with Gasteiger partial charge in [-0.15, -0.1) is 12.4 Å². The number of hydrogen-bond donors (Lipinski definition) is 0. The number of anilines is 1. The van der Waals surface area contributed by atoms with Crippen molar-refractivity contribution in [1.82, 2.24) is 29.2 Å². The van der Waals surface area contributed by atoms with Gasteiger partial charge in [-0.2, -0.15) is 5.10 Å². The molecule has 1 saturated heterocycles. The molecule has 0 radical (unpaired) electrons. The SMILES string of the molecule is Cl.Cn1c(-c2ccc(C(C)(C)C)cc2)nn(CN2CCN(c3cnccn3)CC2)c1=S. The van der Waals surface area contributed by atoms with Gasteiger partial charge in [0, 0.05) is 51.2 Å². The molecule has 3 heterocycles. The Morgan fingerprint density at radius 3 is 2.26 bits per heavy atom. The molecule has 1 aliphatic heterocycles. The van der Waals surface area contributed by atoms with Crippen LogP contribution in [0.1, 0.15) is 26.3 Å². The van der Waals surface area contributed by atoms with E-state index in [1.165, 1.54) is 5.56 Å². The van der Waals surface area contributed by atoms with Crippen LogP contribution < -0.4 is 4.90 Å². The number of benzene rings is 1. The van der Waals surface area contributed by atoms with Crippen molar-refractivity contribution < 1.29 is 0 Å². The van der Waals surface area contributed by atoms with Crippen molar-refractivity contribution in [2.75, 3.05) is 31.1 Å². The molecule has 166 valence electrons. The van der Waals surface area contributed by atoms with E-state index in [9.17, 15) is 0 Å². The second kappa shape index (κ2) is 9.46. The van der Waals surface area contributed by atoms with Crippen molar-refractivity contribution in [3.05, 3.63) is 53.2 Å². The van der Waals surface area contributed by atoms with Crippen LogP contribution in [0, 0.1) is 4.77 Å². The highest BCUT2D eigenvalue weighted by atomic mass is 35.5. The normalized spacial score (nSPS) is 15.0. The van der Waals surface area contributed by atoms with Gasteiger partial charge in [0.05, 0.1) is 12.9 Å². The Morgan fingerprint density at radius 2 is 1.68 bits per heavy atom. The van der Waals surface area contributed by atoms with E-state index in [-0.39, 0.29) is 17.8 Å². The zero-order valence-electron chi connectivity index (χ0n) is 18.5. The topological polar surface area (TPSA) is 55.0 Å². The largest absolute Gasteiger partial charge is 0.353 e. The zero-order valence-corrected chi connectivity index (χ0v) is 20.2. The van der Waals surface area contributed by atoms with Crippen LogP contribution in [0.15, 0.2) is 42.9 Å². The maximum Gasteiger partial charge on any atom is 0.199 e. The molecule has 0 bridgehead atoms. The second-order valence-corrected chi connectivity index (χ2v) is 9.17. The van der Waals surface area contributed by atoms with E-state index in [2.05, 4.69) is 64.8 Å². The van der Waals surface area contributed by atoms with Crippen LogP contribution in [0.2, 0.25) is 0 Å². The lowest BCUT2D eigenvalue weighted by atomic mass is 9.87. The number of piperazine rings is 1. The van der Waals surface area contributed by atoms with Gasteiger partial charge >= 0.3 is 0 Å². The third-order valence-electron chi connectivity index (χ3n) is 5.63. The Bertz CT molecular complexity index is 1050. The molecule has 1 aromatic carbocycles. The molecule has 0 spiro atoms. The number of rotatable bonds is 4. The number of aromatic nitrogens is 5. The summed E-state index contributed by atoms with van der Waals surface area (Å²) in [5, 5.41) is 4.84. The molecule has 2 aromatic heterocycles. The standard InChI is InChI=1S/C22H29N7S.ClH/c1-22(2,3)18-7-5-17(6-8-18)20-25-29(21(30)26(20)4)16-27-11-13-28(14-12-27)19-15-23-9-10-24-19;/h5-10,15H,11-14,16H2,1-4H3;1H. The van der Waals surface area contributed by atoms with Crippen LogP contribution in [0.25, 0.3) is 11.4 Å². The lowest BCUT2D eigenvalue weighted by Gasteiger charge is -2.34. The summed E-state index contributed by atoms with van der Waals surface area (Å²) >= 11 is 5.68. The third kappa shape index (κ3) is 5.14. The first-order valence-corrected chi connectivity index (χ1v) is 10.7. The molecule has 1 fully saturated rings. The summed E-state index contributed by atoms with van der Waals surface area (Å²) in [4.78, 5) is 13.2. The summed E-state index contributed by atoms with van der Waals surface area (Å²) in [5.74, 6) is 1.84. The fourth-order valence-electron chi connectivity index (χ4n) is 3.71. The first-order valence-electron chi connectivity index (χ1n) is 10.3. The summed E-state index contributed by atoms with van der Waals surface area (Å²) in [6, 6.07) is 8.65. The predicted molar refractivity (Wildman–Crippen MR) is 129 cm³/mol. The van der Waals surface area contributed by atoms with Crippen LogP contribution in [0.5, 0.6) is 0 Å². The molecular formula is C22H30ClN7S. The number of hydrogen-bond acceptors (Lipinski definition) is 6. The van der Waals surface area contributed by atoms with E-state index in [0.717, 1.165) is 48.2 Å². The molecule has 0 saturated carbocycles. The molecule has 0 N–H and O–H groups in total. The van der Waals surface area contributed by atoms with Crippen LogP contribution >= 0.6 is 24.6 Å². The number of nitrogens with zero attached hydrogens (tertiary/aromatic N) is 7. The fourth-order valence-corrected chi connectivity index (χ4v) is 3.90. The summed E-state index contributed by atoms with van der Waals surface area (Å²) in [5.41, 5.74) is 2.53. The average molecular weight is 460 g/mol. The van der Waals surface area contributed by atoms with Gasteiger partial charge in [-0.1, -0.05) is 45.0 Å². The Morgan fingerprint density at radius 1 is 1.00 bits per heavy atom. The molecule has 0 amide bonds. The van der Waals surface area contributed by atoms with Crippen LogP contribution in [0.4, 0.5) is 5.82 Å². The highest BCUT2D eigenvalue weighted by Crippen LogP contribution is 2.25. The van der Waals surface area contributed by atoms with Crippen molar-refractivity contribution in [1.29, 1.82) is 0 Å². The van der Waals surface area contributed by atoms with Gasteiger partial charge in [0.2, 0.25) is 0 Å².